The maximum absolute atomic E-state index is 5.36. The van der Waals surface area contributed by atoms with Gasteiger partial charge >= 0.3 is 0 Å². The maximum atomic E-state index is 5.36. The van der Waals surface area contributed by atoms with Gasteiger partial charge in [0, 0.05) is 6.07 Å². The Morgan fingerprint density at radius 1 is 1.19 bits per heavy atom. The first-order valence-electron chi connectivity index (χ1n) is 6.94. The lowest BCUT2D eigenvalue weighted by atomic mass is 10.0. The van der Waals surface area contributed by atoms with E-state index in [1.807, 2.05) is 25.1 Å². The predicted molar refractivity (Wildman–Crippen MR) is 84.3 cm³/mol. The average molecular weight is 307 g/mol. The van der Waals surface area contributed by atoms with Gasteiger partial charge in [-0.2, -0.15) is 0 Å². The Labute approximate surface area is 129 Å². The number of nitrogens with zero attached hydrogens (tertiary/aromatic N) is 2. The number of methoxy groups -OCH3 is 2. The molecule has 0 saturated heterocycles. The zero-order valence-electron chi connectivity index (χ0n) is 12.8. The molecule has 2 aromatic rings. The summed E-state index contributed by atoms with van der Waals surface area (Å²) >= 11 is 1.42. The molecule has 0 aliphatic heterocycles. The summed E-state index contributed by atoms with van der Waals surface area (Å²) in [6, 6.07) is 5.97. The van der Waals surface area contributed by atoms with E-state index < -0.39 is 0 Å². The predicted octanol–water partition coefficient (Wildman–Crippen LogP) is 2.95. The molecule has 0 saturated carbocycles. The van der Waals surface area contributed by atoms with Crippen LogP contribution in [0.1, 0.15) is 35.5 Å². The van der Waals surface area contributed by atoms with Crippen molar-refractivity contribution in [3.8, 4) is 11.5 Å². The van der Waals surface area contributed by atoms with E-state index in [2.05, 4.69) is 21.8 Å². The van der Waals surface area contributed by atoms with Crippen molar-refractivity contribution < 1.29 is 9.47 Å². The van der Waals surface area contributed by atoms with Crippen molar-refractivity contribution in [1.29, 1.82) is 0 Å². The number of benzene rings is 1. The molecule has 0 spiro atoms. The van der Waals surface area contributed by atoms with Crippen molar-refractivity contribution in [3.05, 3.63) is 34.3 Å². The van der Waals surface area contributed by atoms with Gasteiger partial charge in [-0.25, -0.2) is 0 Å². The third-order valence-electron chi connectivity index (χ3n) is 3.25. The molecule has 1 aromatic heterocycles. The molecule has 0 fully saturated rings. The second kappa shape index (κ2) is 7.38. The molecule has 0 aliphatic carbocycles. The number of rotatable bonds is 7. The minimum absolute atomic E-state index is 0.0500. The SMILES string of the molecule is CCCNC(c1cc(OC)cc(OC)c1)c1snnc1C. The van der Waals surface area contributed by atoms with Gasteiger partial charge in [0.2, 0.25) is 0 Å². The van der Waals surface area contributed by atoms with Gasteiger partial charge in [0.15, 0.2) is 0 Å². The van der Waals surface area contributed by atoms with Crippen molar-refractivity contribution in [2.45, 2.75) is 26.3 Å². The molecule has 1 N–H and O–H groups in total. The van der Waals surface area contributed by atoms with E-state index in [0.717, 1.165) is 40.6 Å². The number of ether oxygens (including phenoxy) is 2. The van der Waals surface area contributed by atoms with E-state index in [-0.39, 0.29) is 6.04 Å². The molecule has 114 valence electrons. The van der Waals surface area contributed by atoms with Gasteiger partial charge in [-0.05, 0) is 49.1 Å². The van der Waals surface area contributed by atoms with Gasteiger partial charge in [-0.3, -0.25) is 0 Å². The smallest absolute Gasteiger partial charge is 0.122 e. The number of hydrogen-bond acceptors (Lipinski definition) is 6. The van der Waals surface area contributed by atoms with Crippen LogP contribution in [-0.4, -0.2) is 30.4 Å². The average Bonchev–Trinajstić information content (AvgIpc) is 2.93. The van der Waals surface area contributed by atoms with E-state index in [1.54, 1.807) is 14.2 Å². The van der Waals surface area contributed by atoms with Gasteiger partial charge in [-0.1, -0.05) is 11.4 Å². The van der Waals surface area contributed by atoms with E-state index >= 15 is 0 Å². The van der Waals surface area contributed by atoms with Crippen LogP contribution >= 0.6 is 11.5 Å². The Morgan fingerprint density at radius 2 is 1.86 bits per heavy atom. The molecule has 1 heterocycles. The first-order chi connectivity index (χ1) is 10.2. The summed E-state index contributed by atoms with van der Waals surface area (Å²) in [5, 5.41) is 7.67. The molecule has 21 heavy (non-hydrogen) atoms. The van der Waals surface area contributed by atoms with Gasteiger partial charge in [0.1, 0.15) is 11.5 Å². The standard InChI is InChI=1S/C15H21N3O2S/c1-5-6-16-14(15-10(2)17-18-21-15)11-7-12(19-3)9-13(8-11)20-4/h7-9,14,16H,5-6H2,1-4H3. The lowest BCUT2D eigenvalue weighted by Gasteiger charge is -2.19. The summed E-state index contributed by atoms with van der Waals surface area (Å²) in [6.07, 6.45) is 1.06. The van der Waals surface area contributed by atoms with Crippen LogP contribution in [0, 0.1) is 6.92 Å². The Balaban J connectivity index is 2.43. The number of nitrogens with one attached hydrogen (secondary N) is 1. The summed E-state index contributed by atoms with van der Waals surface area (Å²) in [5.41, 5.74) is 2.05. The van der Waals surface area contributed by atoms with Gasteiger partial charge in [0.05, 0.1) is 30.8 Å². The van der Waals surface area contributed by atoms with Gasteiger partial charge in [-0.15, -0.1) is 5.10 Å². The van der Waals surface area contributed by atoms with Crippen LogP contribution in [0.5, 0.6) is 11.5 Å². The van der Waals surface area contributed by atoms with Gasteiger partial charge in [0.25, 0.3) is 0 Å². The Hall–Kier alpha value is -1.66. The minimum atomic E-state index is 0.0500. The molecule has 6 heteroatoms. The molecule has 1 unspecified atom stereocenters. The van der Waals surface area contributed by atoms with Crippen LogP contribution in [0.15, 0.2) is 18.2 Å². The Bertz CT molecular complexity index is 564. The van der Waals surface area contributed by atoms with Crippen LogP contribution in [0.2, 0.25) is 0 Å². The van der Waals surface area contributed by atoms with Crippen LogP contribution in [0.3, 0.4) is 0 Å². The van der Waals surface area contributed by atoms with E-state index in [9.17, 15) is 0 Å². The highest BCUT2D eigenvalue weighted by Gasteiger charge is 2.20. The Kier molecular flexibility index (Phi) is 5.52. The lowest BCUT2D eigenvalue weighted by molar-refractivity contribution is 0.392. The highest BCUT2D eigenvalue weighted by atomic mass is 32.1. The molecule has 5 nitrogen and oxygen atoms in total. The minimum Gasteiger partial charge on any atom is -0.497 e. The molecule has 0 bridgehead atoms. The highest BCUT2D eigenvalue weighted by Crippen LogP contribution is 2.32. The molecule has 2 rings (SSSR count). The molecule has 0 amide bonds. The maximum Gasteiger partial charge on any atom is 0.122 e. The van der Waals surface area contributed by atoms with Gasteiger partial charge < -0.3 is 14.8 Å². The largest absolute Gasteiger partial charge is 0.497 e. The summed E-state index contributed by atoms with van der Waals surface area (Å²) in [6.45, 7) is 5.05. The fourth-order valence-electron chi connectivity index (χ4n) is 2.15. The van der Waals surface area contributed by atoms with E-state index in [4.69, 9.17) is 9.47 Å². The monoisotopic (exact) mass is 307 g/mol. The molecule has 1 aromatic carbocycles. The summed E-state index contributed by atoms with van der Waals surface area (Å²) in [7, 11) is 3.32. The fourth-order valence-corrected chi connectivity index (χ4v) is 2.90. The molecule has 0 aliphatic rings. The first kappa shape index (κ1) is 15.7. The number of aryl methyl sites for hydroxylation is 1. The second-order valence-electron chi connectivity index (χ2n) is 4.76. The van der Waals surface area contributed by atoms with Crippen molar-refractivity contribution in [2.75, 3.05) is 20.8 Å². The third-order valence-corrected chi connectivity index (χ3v) is 4.15. The Morgan fingerprint density at radius 3 is 2.33 bits per heavy atom. The summed E-state index contributed by atoms with van der Waals surface area (Å²) in [4.78, 5) is 1.12. The quantitative estimate of drug-likeness (QED) is 0.852. The molecular formula is C15H21N3O2S. The fraction of sp³-hybridized carbons (Fsp3) is 0.467. The summed E-state index contributed by atoms with van der Waals surface area (Å²) < 4.78 is 14.8. The van der Waals surface area contributed by atoms with Crippen molar-refractivity contribution >= 4 is 11.5 Å². The number of aromatic nitrogens is 2. The first-order valence-corrected chi connectivity index (χ1v) is 7.72. The normalized spacial score (nSPS) is 12.2. The summed E-state index contributed by atoms with van der Waals surface area (Å²) in [5.74, 6) is 1.56. The molecular weight excluding hydrogens is 286 g/mol. The van der Waals surface area contributed by atoms with Crippen LogP contribution in [-0.2, 0) is 0 Å². The zero-order chi connectivity index (χ0) is 15.2. The van der Waals surface area contributed by atoms with Crippen molar-refractivity contribution in [1.82, 2.24) is 14.9 Å². The van der Waals surface area contributed by atoms with E-state index in [0.29, 0.717) is 0 Å². The van der Waals surface area contributed by atoms with Crippen molar-refractivity contribution in [3.63, 3.8) is 0 Å². The number of hydrogen-bond donors (Lipinski definition) is 1. The van der Waals surface area contributed by atoms with Crippen LogP contribution < -0.4 is 14.8 Å². The topological polar surface area (TPSA) is 56.3 Å². The molecule has 1 atom stereocenters. The van der Waals surface area contributed by atoms with Crippen LogP contribution in [0.25, 0.3) is 0 Å². The van der Waals surface area contributed by atoms with E-state index in [1.165, 1.54) is 11.5 Å². The van der Waals surface area contributed by atoms with Crippen LogP contribution in [0.4, 0.5) is 0 Å². The second-order valence-corrected chi connectivity index (χ2v) is 5.54. The lowest BCUT2D eigenvalue weighted by Crippen LogP contribution is -2.23. The van der Waals surface area contributed by atoms with Crippen molar-refractivity contribution in [2.24, 2.45) is 0 Å². The molecule has 0 radical (unpaired) electrons. The zero-order valence-corrected chi connectivity index (χ0v) is 13.7. The third kappa shape index (κ3) is 3.71. The highest BCUT2D eigenvalue weighted by molar-refractivity contribution is 7.05.